The highest BCUT2D eigenvalue weighted by atomic mass is 16.4. The summed E-state index contributed by atoms with van der Waals surface area (Å²) in [7, 11) is 3.43. The van der Waals surface area contributed by atoms with Gasteiger partial charge in [0, 0.05) is 50.3 Å². The molecule has 0 bridgehead atoms. The number of aliphatic carboxylic acids is 1. The van der Waals surface area contributed by atoms with E-state index < -0.39 is 35.3 Å². The molecule has 10 nitrogen and oxygen atoms in total. The Labute approximate surface area is 161 Å². The SMILES string of the molecule is C=C(/C=c1/c(O)c(C(=O)NCC(=O)O)c(=O)n(C)/c1=C/N)N1CCN(C)CC1. The van der Waals surface area contributed by atoms with Crippen molar-refractivity contribution < 1.29 is 19.8 Å². The number of pyridine rings is 1. The van der Waals surface area contributed by atoms with Crippen LogP contribution in [0.1, 0.15) is 10.4 Å². The topological polar surface area (TPSA) is 141 Å². The van der Waals surface area contributed by atoms with Crippen LogP contribution in [0.4, 0.5) is 0 Å². The van der Waals surface area contributed by atoms with E-state index in [1.807, 2.05) is 11.9 Å². The molecule has 2 heterocycles. The van der Waals surface area contributed by atoms with Gasteiger partial charge in [0.15, 0.2) is 0 Å². The zero-order valence-electron chi connectivity index (χ0n) is 15.9. The number of carboxylic acid groups (broad SMARTS) is 1. The molecule has 1 aromatic rings. The second kappa shape index (κ2) is 8.61. The summed E-state index contributed by atoms with van der Waals surface area (Å²) in [6.07, 6.45) is 2.72. The quantitative estimate of drug-likeness (QED) is 0.420. The minimum Gasteiger partial charge on any atom is -0.506 e. The van der Waals surface area contributed by atoms with E-state index in [0.29, 0.717) is 5.70 Å². The zero-order valence-corrected chi connectivity index (χ0v) is 15.9. The van der Waals surface area contributed by atoms with Gasteiger partial charge < -0.3 is 35.6 Å². The minimum absolute atomic E-state index is 0.161. The van der Waals surface area contributed by atoms with E-state index in [1.54, 1.807) is 6.08 Å². The predicted molar refractivity (Wildman–Crippen MR) is 104 cm³/mol. The van der Waals surface area contributed by atoms with Gasteiger partial charge in [-0.05, 0) is 13.1 Å². The second-order valence-corrected chi connectivity index (χ2v) is 6.56. The molecule has 1 aliphatic rings. The van der Waals surface area contributed by atoms with E-state index >= 15 is 0 Å². The summed E-state index contributed by atoms with van der Waals surface area (Å²) < 4.78 is 1.12. The first-order chi connectivity index (χ1) is 13.2. The van der Waals surface area contributed by atoms with Crippen molar-refractivity contribution in [3.05, 3.63) is 38.8 Å². The van der Waals surface area contributed by atoms with Crippen LogP contribution in [0.15, 0.2) is 17.1 Å². The number of nitrogens with zero attached hydrogens (tertiary/aromatic N) is 3. The molecule has 0 saturated carbocycles. The molecule has 1 amide bonds. The minimum atomic E-state index is -1.27. The van der Waals surface area contributed by atoms with Crippen molar-refractivity contribution in [2.75, 3.05) is 39.8 Å². The van der Waals surface area contributed by atoms with E-state index in [4.69, 9.17) is 10.8 Å². The number of likely N-dealkylation sites (N-methyl/N-ethyl adjacent to an activating group) is 1. The highest BCUT2D eigenvalue weighted by molar-refractivity contribution is 5.98. The monoisotopic (exact) mass is 391 g/mol. The summed E-state index contributed by atoms with van der Waals surface area (Å²) in [5, 5.41) is 21.8. The fourth-order valence-electron chi connectivity index (χ4n) is 2.96. The second-order valence-electron chi connectivity index (χ2n) is 6.56. The largest absolute Gasteiger partial charge is 0.506 e. The van der Waals surface area contributed by atoms with E-state index in [2.05, 4.69) is 16.8 Å². The van der Waals surface area contributed by atoms with Crippen LogP contribution in [-0.2, 0) is 11.8 Å². The molecule has 152 valence electrons. The number of carbonyl (C=O) groups excluding carboxylic acids is 1. The third-order valence-corrected chi connectivity index (χ3v) is 4.65. The first kappa shape index (κ1) is 21.0. The Morgan fingerprint density at radius 1 is 1.25 bits per heavy atom. The lowest BCUT2D eigenvalue weighted by Crippen LogP contribution is -2.48. The number of piperazine rings is 1. The Balaban J connectivity index is 2.57. The van der Waals surface area contributed by atoms with Gasteiger partial charge in [0.25, 0.3) is 11.5 Å². The number of hydrogen-bond donors (Lipinski definition) is 4. The molecular weight excluding hydrogens is 366 g/mol. The fraction of sp³-hybridized carbons (Fsp3) is 0.389. The molecule has 10 heteroatoms. The molecule has 5 N–H and O–H groups in total. The van der Waals surface area contributed by atoms with Gasteiger partial charge in [0.05, 0.1) is 5.35 Å². The summed E-state index contributed by atoms with van der Waals surface area (Å²) in [5.74, 6) is -2.83. The van der Waals surface area contributed by atoms with Gasteiger partial charge in [-0.25, -0.2) is 0 Å². The third-order valence-electron chi connectivity index (χ3n) is 4.65. The van der Waals surface area contributed by atoms with Crippen LogP contribution < -0.4 is 27.2 Å². The predicted octanol–water partition coefficient (Wildman–Crippen LogP) is -2.86. The highest BCUT2D eigenvalue weighted by Gasteiger charge is 2.21. The molecule has 2 rings (SSSR count). The molecule has 1 saturated heterocycles. The van der Waals surface area contributed by atoms with Crippen molar-refractivity contribution in [2.45, 2.75) is 0 Å². The lowest BCUT2D eigenvalue weighted by atomic mass is 10.1. The Morgan fingerprint density at radius 3 is 2.39 bits per heavy atom. The van der Waals surface area contributed by atoms with Crippen LogP contribution >= 0.6 is 0 Å². The summed E-state index contributed by atoms with van der Waals surface area (Å²) in [6, 6.07) is 0. The van der Waals surface area contributed by atoms with Crippen LogP contribution in [0.25, 0.3) is 12.3 Å². The van der Waals surface area contributed by atoms with Crippen LogP contribution in [0.3, 0.4) is 0 Å². The van der Waals surface area contributed by atoms with Gasteiger partial charge in [0.1, 0.15) is 17.9 Å². The molecule has 1 aliphatic heterocycles. The molecular formula is C18H25N5O5. The van der Waals surface area contributed by atoms with Crippen molar-refractivity contribution in [1.82, 2.24) is 19.7 Å². The molecule has 1 aromatic heterocycles. The number of nitrogens with two attached hydrogens (primary N) is 1. The van der Waals surface area contributed by atoms with Gasteiger partial charge in [-0.15, -0.1) is 0 Å². The molecule has 0 aromatic carbocycles. The molecule has 0 aliphatic carbocycles. The van der Waals surface area contributed by atoms with Crippen molar-refractivity contribution in [3.63, 3.8) is 0 Å². The van der Waals surface area contributed by atoms with E-state index in [9.17, 15) is 19.5 Å². The number of amides is 1. The van der Waals surface area contributed by atoms with Crippen molar-refractivity contribution in [1.29, 1.82) is 0 Å². The summed E-state index contributed by atoms with van der Waals surface area (Å²) in [4.78, 5) is 39.6. The first-order valence-corrected chi connectivity index (χ1v) is 8.65. The molecule has 1 fully saturated rings. The van der Waals surface area contributed by atoms with Gasteiger partial charge in [-0.3, -0.25) is 14.4 Å². The van der Waals surface area contributed by atoms with Crippen molar-refractivity contribution >= 4 is 24.2 Å². The van der Waals surface area contributed by atoms with E-state index in [-0.39, 0.29) is 10.6 Å². The maximum Gasteiger partial charge on any atom is 0.322 e. The maximum atomic E-state index is 12.5. The number of aromatic hydroxyl groups is 1. The van der Waals surface area contributed by atoms with E-state index in [1.165, 1.54) is 7.05 Å². The molecule has 28 heavy (non-hydrogen) atoms. The number of carbonyl (C=O) groups is 2. The van der Waals surface area contributed by atoms with Crippen LogP contribution in [0.2, 0.25) is 0 Å². The number of rotatable bonds is 5. The lowest BCUT2D eigenvalue weighted by molar-refractivity contribution is -0.135. The summed E-state index contributed by atoms with van der Waals surface area (Å²) >= 11 is 0. The molecule has 0 radical (unpaired) electrons. The molecule has 0 atom stereocenters. The molecule has 0 spiro atoms. The van der Waals surface area contributed by atoms with Gasteiger partial charge in [-0.1, -0.05) is 6.58 Å². The van der Waals surface area contributed by atoms with Gasteiger partial charge in [-0.2, -0.15) is 0 Å². The maximum absolute atomic E-state index is 12.5. The Kier molecular flexibility index (Phi) is 6.47. The fourth-order valence-corrected chi connectivity index (χ4v) is 2.96. The lowest BCUT2D eigenvalue weighted by Gasteiger charge is -2.34. The standard InChI is InChI=1S/C18H25N5O5/c1-11(23-6-4-21(2)5-7-23)8-12-13(9-19)22(3)18(28)15(16(12)26)17(27)20-10-14(24)25/h8-9,26H,1,4-7,10,19H2,2-3H3,(H,20,27)(H,24,25)/b12-8+,13-9+. The number of carboxylic acids is 1. The van der Waals surface area contributed by atoms with Crippen molar-refractivity contribution in [3.8, 4) is 5.75 Å². The first-order valence-electron chi connectivity index (χ1n) is 8.65. The van der Waals surface area contributed by atoms with E-state index in [0.717, 1.165) is 36.9 Å². The average molecular weight is 391 g/mol. The number of hydrogen-bond acceptors (Lipinski definition) is 7. The van der Waals surface area contributed by atoms with Crippen LogP contribution in [0.5, 0.6) is 5.75 Å². The highest BCUT2D eigenvalue weighted by Crippen LogP contribution is 2.10. The van der Waals surface area contributed by atoms with Crippen LogP contribution in [0, 0.1) is 0 Å². The number of allylic oxidation sites excluding steroid dienone is 1. The van der Waals surface area contributed by atoms with Crippen LogP contribution in [-0.4, -0.2) is 76.2 Å². The molecule has 0 unspecified atom stereocenters. The Bertz CT molecular complexity index is 974. The van der Waals surface area contributed by atoms with Gasteiger partial charge >= 0.3 is 5.97 Å². The zero-order chi connectivity index (χ0) is 21.0. The summed E-state index contributed by atoms with van der Waals surface area (Å²) in [6.45, 7) is 6.53. The van der Waals surface area contributed by atoms with Crippen molar-refractivity contribution in [2.24, 2.45) is 12.8 Å². The Hall–Kier alpha value is -3.27. The summed E-state index contributed by atoms with van der Waals surface area (Å²) in [5.41, 5.74) is 4.90. The third kappa shape index (κ3) is 4.34. The van der Waals surface area contributed by atoms with Gasteiger partial charge in [0.2, 0.25) is 0 Å². The average Bonchev–Trinajstić information content (AvgIpc) is 2.65. The number of aromatic nitrogens is 1. The smallest absolute Gasteiger partial charge is 0.322 e. The number of nitrogens with one attached hydrogen (secondary N) is 1. The normalized spacial score (nSPS) is 16.3. The Morgan fingerprint density at radius 2 is 1.86 bits per heavy atom.